The Labute approximate surface area is 150 Å². The lowest BCUT2D eigenvalue weighted by molar-refractivity contribution is 0.0697. The van der Waals surface area contributed by atoms with Crippen molar-refractivity contribution in [3.63, 3.8) is 0 Å². The molecule has 1 aromatic carbocycles. The van der Waals surface area contributed by atoms with Crippen molar-refractivity contribution in [3.8, 4) is 5.69 Å². The Morgan fingerprint density at radius 3 is 2.84 bits per heavy atom. The summed E-state index contributed by atoms with van der Waals surface area (Å²) in [7, 11) is 0. The Balaban J connectivity index is 1.95. The second-order valence-electron chi connectivity index (χ2n) is 4.84. The standard InChI is InChI=1S/C14H13N7O2S2/c1-7-10(16-17-13-18-19-14(24-2)25-13)11(15)21(20-7)9-5-3-4-8(6-9)12(22)23/h3-6H,15H2,1-2H3,(H,22,23)/b17-16+. The van der Waals surface area contributed by atoms with Gasteiger partial charge in [-0.1, -0.05) is 29.2 Å². The smallest absolute Gasteiger partial charge is 0.335 e. The highest BCUT2D eigenvalue weighted by atomic mass is 32.2. The van der Waals surface area contributed by atoms with Gasteiger partial charge in [0, 0.05) is 0 Å². The van der Waals surface area contributed by atoms with Crippen molar-refractivity contribution in [1.29, 1.82) is 0 Å². The Hall–Kier alpha value is -2.79. The third kappa shape index (κ3) is 3.51. The maximum Gasteiger partial charge on any atom is 0.335 e. The summed E-state index contributed by atoms with van der Waals surface area (Å²) >= 11 is 2.80. The number of rotatable bonds is 5. The van der Waals surface area contributed by atoms with Gasteiger partial charge in [-0.3, -0.25) is 0 Å². The number of nitrogens with two attached hydrogens (primary N) is 1. The van der Waals surface area contributed by atoms with E-state index in [0.717, 1.165) is 4.34 Å². The number of anilines is 1. The van der Waals surface area contributed by atoms with Crippen molar-refractivity contribution in [2.45, 2.75) is 11.3 Å². The number of carbonyl (C=O) groups is 1. The first-order valence-electron chi connectivity index (χ1n) is 6.97. The molecule has 0 unspecified atom stereocenters. The number of benzene rings is 1. The van der Waals surface area contributed by atoms with Crippen LogP contribution in [0.5, 0.6) is 0 Å². The van der Waals surface area contributed by atoms with Gasteiger partial charge in [-0.05, 0) is 31.4 Å². The van der Waals surface area contributed by atoms with Gasteiger partial charge in [-0.25, -0.2) is 9.48 Å². The predicted octanol–water partition coefficient (Wildman–Crippen LogP) is 3.45. The van der Waals surface area contributed by atoms with E-state index in [4.69, 9.17) is 10.8 Å². The molecule has 0 radical (unpaired) electrons. The van der Waals surface area contributed by atoms with Crippen molar-refractivity contribution in [1.82, 2.24) is 20.0 Å². The Morgan fingerprint density at radius 2 is 2.16 bits per heavy atom. The van der Waals surface area contributed by atoms with E-state index in [-0.39, 0.29) is 11.4 Å². The molecule has 0 spiro atoms. The number of nitrogens with zero attached hydrogens (tertiary/aromatic N) is 6. The van der Waals surface area contributed by atoms with Gasteiger partial charge in [0.25, 0.3) is 5.13 Å². The average Bonchev–Trinajstić information content (AvgIpc) is 3.18. The molecule has 9 nitrogen and oxygen atoms in total. The van der Waals surface area contributed by atoms with Crippen LogP contribution in [0.15, 0.2) is 38.8 Å². The van der Waals surface area contributed by atoms with Gasteiger partial charge in [-0.2, -0.15) is 5.10 Å². The fourth-order valence-corrected chi connectivity index (χ4v) is 3.13. The minimum atomic E-state index is -1.02. The van der Waals surface area contributed by atoms with Gasteiger partial charge in [0.05, 0.1) is 16.9 Å². The van der Waals surface area contributed by atoms with E-state index in [2.05, 4.69) is 25.5 Å². The van der Waals surface area contributed by atoms with Gasteiger partial charge in [0.15, 0.2) is 15.8 Å². The lowest BCUT2D eigenvalue weighted by Gasteiger charge is -2.04. The zero-order chi connectivity index (χ0) is 18.0. The van der Waals surface area contributed by atoms with Gasteiger partial charge in [0.1, 0.15) is 0 Å². The number of aromatic nitrogens is 4. The molecule has 3 aromatic rings. The van der Waals surface area contributed by atoms with Crippen LogP contribution in [0.3, 0.4) is 0 Å². The molecule has 128 valence electrons. The highest BCUT2D eigenvalue weighted by molar-refractivity contribution is 8.00. The molecule has 3 N–H and O–H groups in total. The quantitative estimate of drug-likeness (QED) is 0.515. The first-order valence-corrected chi connectivity index (χ1v) is 9.01. The van der Waals surface area contributed by atoms with Crippen LogP contribution < -0.4 is 5.73 Å². The van der Waals surface area contributed by atoms with Crippen LogP contribution >= 0.6 is 23.1 Å². The summed E-state index contributed by atoms with van der Waals surface area (Å²) < 4.78 is 2.23. The SMILES string of the molecule is CSc1nnc(/N=N/c2c(C)nn(-c3cccc(C(=O)O)c3)c2N)s1. The van der Waals surface area contributed by atoms with Gasteiger partial charge in [0.2, 0.25) is 0 Å². The number of carboxylic acids is 1. The van der Waals surface area contributed by atoms with Crippen LogP contribution in [0.25, 0.3) is 5.69 Å². The lowest BCUT2D eigenvalue weighted by atomic mass is 10.2. The summed E-state index contributed by atoms with van der Waals surface area (Å²) in [5, 5.41) is 29.9. The minimum Gasteiger partial charge on any atom is -0.478 e. The maximum atomic E-state index is 11.1. The van der Waals surface area contributed by atoms with Gasteiger partial charge >= 0.3 is 5.97 Å². The number of azo groups is 1. The van der Waals surface area contributed by atoms with Crippen LogP contribution in [-0.2, 0) is 0 Å². The van der Waals surface area contributed by atoms with E-state index < -0.39 is 5.97 Å². The minimum absolute atomic E-state index is 0.145. The molecule has 0 fully saturated rings. The normalized spacial score (nSPS) is 11.3. The summed E-state index contributed by atoms with van der Waals surface area (Å²) in [6, 6.07) is 6.33. The molecule has 0 aliphatic rings. The topological polar surface area (TPSA) is 132 Å². The summed E-state index contributed by atoms with van der Waals surface area (Å²) in [5.74, 6) is -0.761. The fraction of sp³-hybridized carbons (Fsp3) is 0.143. The third-order valence-corrected chi connectivity index (χ3v) is 4.99. The lowest BCUT2D eigenvalue weighted by Crippen LogP contribution is -2.04. The molecule has 25 heavy (non-hydrogen) atoms. The van der Waals surface area contributed by atoms with Crippen molar-refractivity contribution in [2.75, 3.05) is 12.0 Å². The molecule has 3 rings (SSSR count). The summed E-state index contributed by atoms with van der Waals surface area (Å²) in [4.78, 5) is 11.1. The van der Waals surface area contributed by atoms with E-state index in [1.165, 1.54) is 39.9 Å². The predicted molar refractivity (Wildman–Crippen MR) is 95.5 cm³/mol. The Kier molecular flexibility index (Phi) is 4.76. The van der Waals surface area contributed by atoms with Crippen LogP contribution in [0.1, 0.15) is 16.1 Å². The molecule has 0 saturated carbocycles. The van der Waals surface area contributed by atoms with Gasteiger partial charge < -0.3 is 10.8 Å². The summed E-state index contributed by atoms with van der Waals surface area (Å²) in [6.07, 6.45) is 1.90. The number of hydrogen-bond acceptors (Lipinski definition) is 9. The van der Waals surface area contributed by atoms with E-state index >= 15 is 0 Å². The third-order valence-electron chi connectivity index (χ3n) is 3.21. The molecule has 2 aromatic heterocycles. The highest BCUT2D eigenvalue weighted by Gasteiger charge is 2.15. The number of thioether (sulfide) groups is 1. The van der Waals surface area contributed by atoms with E-state index in [1.54, 1.807) is 19.1 Å². The molecular formula is C14H13N7O2S2. The molecule has 0 bridgehead atoms. The zero-order valence-electron chi connectivity index (χ0n) is 13.2. The summed E-state index contributed by atoms with van der Waals surface area (Å²) in [6.45, 7) is 1.75. The Morgan fingerprint density at radius 1 is 1.36 bits per heavy atom. The second kappa shape index (κ2) is 6.99. The molecule has 0 atom stereocenters. The molecule has 0 aliphatic carbocycles. The van der Waals surface area contributed by atoms with Crippen LogP contribution in [0, 0.1) is 6.92 Å². The molecule has 11 heteroatoms. The number of aromatic carboxylic acids is 1. The van der Waals surface area contributed by atoms with E-state index in [9.17, 15) is 4.79 Å². The first-order chi connectivity index (χ1) is 12.0. The number of nitrogen functional groups attached to an aromatic ring is 1. The fourth-order valence-electron chi connectivity index (χ4n) is 2.05. The van der Waals surface area contributed by atoms with Crippen LogP contribution in [0.2, 0.25) is 0 Å². The average molecular weight is 375 g/mol. The first kappa shape index (κ1) is 17.0. The van der Waals surface area contributed by atoms with Crippen molar-refractivity contribution < 1.29 is 9.90 Å². The van der Waals surface area contributed by atoms with Crippen LogP contribution in [0.4, 0.5) is 16.6 Å². The number of carboxylic acid groups (broad SMARTS) is 1. The maximum absolute atomic E-state index is 11.1. The van der Waals surface area contributed by atoms with E-state index in [0.29, 0.717) is 22.2 Å². The number of aryl methyl sites for hydroxylation is 1. The van der Waals surface area contributed by atoms with Crippen molar-refractivity contribution >= 4 is 45.7 Å². The van der Waals surface area contributed by atoms with Crippen LogP contribution in [-0.4, -0.2) is 37.3 Å². The largest absolute Gasteiger partial charge is 0.478 e. The highest BCUT2D eigenvalue weighted by Crippen LogP contribution is 2.32. The molecule has 0 amide bonds. The monoisotopic (exact) mass is 375 g/mol. The van der Waals surface area contributed by atoms with Gasteiger partial charge in [-0.15, -0.1) is 20.4 Å². The second-order valence-corrected chi connectivity index (χ2v) is 6.85. The number of hydrogen-bond donors (Lipinski definition) is 2. The van der Waals surface area contributed by atoms with Crippen molar-refractivity contribution in [2.24, 2.45) is 10.2 Å². The zero-order valence-corrected chi connectivity index (χ0v) is 14.9. The molecule has 2 heterocycles. The van der Waals surface area contributed by atoms with E-state index in [1.807, 2.05) is 6.26 Å². The molecule has 0 saturated heterocycles. The molecule has 0 aliphatic heterocycles. The molecular weight excluding hydrogens is 362 g/mol. The summed E-state index contributed by atoms with van der Waals surface area (Å²) in [5.41, 5.74) is 7.77. The Bertz CT molecular complexity index is 964. The van der Waals surface area contributed by atoms with Crippen molar-refractivity contribution in [3.05, 3.63) is 35.5 Å².